The van der Waals surface area contributed by atoms with E-state index in [0.29, 0.717) is 13.2 Å². The number of nitrogens with zero attached hydrogens (tertiary/aromatic N) is 2. The molecule has 0 fully saturated rings. The van der Waals surface area contributed by atoms with Gasteiger partial charge < -0.3 is 15.2 Å². The molecule has 23 heavy (non-hydrogen) atoms. The first-order valence-electron chi connectivity index (χ1n) is 7.40. The van der Waals surface area contributed by atoms with Crippen molar-refractivity contribution in [3.8, 4) is 16.3 Å². The van der Waals surface area contributed by atoms with E-state index in [4.69, 9.17) is 9.84 Å². The minimum Gasteiger partial charge on any atom is -0.491 e. The van der Waals surface area contributed by atoms with Gasteiger partial charge in [-0.2, -0.15) is 5.10 Å². The van der Waals surface area contributed by atoms with Crippen LogP contribution < -0.4 is 10.1 Å². The van der Waals surface area contributed by atoms with Gasteiger partial charge in [-0.3, -0.25) is 4.68 Å². The molecule has 0 saturated carbocycles. The molecule has 0 aliphatic rings. The molecule has 0 amide bonds. The maximum Gasteiger partial charge on any atom is 0.119 e. The molecule has 0 bridgehead atoms. The molecule has 5 nitrogen and oxygen atoms in total. The molecule has 1 aromatic carbocycles. The zero-order valence-corrected chi connectivity index (χ0v) is 13.7. The van der Waals surface area contributed by atoms with Crippen molar-refractivity contribution in [2.45, 2.75) is 6.54 Å². The molecule has 6 heteroatoms. The quantitative estimate of drug-likeness (QED) is 0.699. The Hall–Kier alpha value is -2.31. The Morgan fingerprint density at radius 2 is 2.09 bits per heavy atom. The van der Waals surface area contributed by atoms with Crippen LogP contribution in [0.4, 0.5) is 5.69 Å². The average molecular weight is 329 g/mol. The highest BCUT2D eigenvalue weighted by atomic mass is 32.1. The summed E-state index contributed by atoms with van der Waals surface area (Å²) in [6, 6.07) is 11.8. The lowest BCUT2D eigenvalue weighted by Crippen LogP contribution is -2.02. The van der Waals surface area contributed by atoms with Crippen LogP contribution >= 0.6 is 11.3 Å². The van der Waals surface area contributed by atoms with Gasteiger partial charge in [0.15, 0.2) is 0 Å². The fourth-order valence-corrected chi connectivity index (χ4v) is 3.06. The Morgan fingerprint density at radius 3 is 2.78 bits per heavy atom. The third-order valence-corrected chi connectivity index (χ3v) is 4.23. The number of nitrogens with one attached hydrogen (secondary N) is 1. The van der Waals surface area contributed by atoms with Gasteiger partial charge in [0, 0.05) is 31.0 Å². The first-order valence-corrected chi connectivity index (χ1v) is 8.28. The normalized spacial score (nSPS) is 10.7. The molecule has 0 unspecified atom stereocenters. The fraction of sp³-hybridized carbons (Fsp3) is 0.235. The number of aliphatic hydroxyl groups is 1. The van der Waals surface area contributed by atoms with Crippen LogP contribution in [-0.2, 0) is 13.6 Å². The second kappa shape index (κ2) is 7.30. The van der Waals surface area contributed by atoms with Gasteiger partial charge in [-0.25, -0.2) is 0 Å². The third kappa shape index (κ3) is 3.91. The largest absolute Gasteiger partial charge is 0.491 e. The predicted octanol–water partition coefficient (Wildman–Crippen LogP) is 3.13. The number of hydrogen-bond donors (Lipinski definition) is 2. The second-order valence-electron chi connectivity index (χ2n) is 5.10. The van der Waals surface area contributed by atoms with Crippen LogP contribution in [0, 0.1) is 0 Å². The summed E-state index contributed by atoms with van der Waals surface area (Å²) in [5.74, 6) is 0.755. The average Bonchev–Trinajstić information content (AvgIpc) is 3.21. The zero-order chi connectivity index (χ0) is 16.1. The highest BCUT2D eigenvalue weighted by Gasteiger charge is 2.10. The van der Waals surface area contributed by atoms with Crippen molar-refractivity contribution in [1.29, 1.82) is 0 Å². The fourth-order valence-electron chi connectivity index (χ4n) is 2.32. The van der Waals surface area contributed by atoms with E-state index >= 15 is 0 Å². The number of hydrogen-bond acceptors (Lipinski definition) is 5. The Kier molecular flexibility index (Phi) is 4.95. The summed E-state index contributed by atoms with van der Waals surface area (Å²) >= 11 is 1.69. The van der Waals surface area contributed by atoms with E-state index < -0.39 is 0 Å². The van der Waals surface area contributed by atoms with Gasteiger partial charge in [0.25, 0.3) is 0 Å². The van der Waals surface area contributed by atoms with Crippen molar-refractivity contribution in [3.63, 3.8) is 0 Å². The lowest BCUT2D eigenvalue weighted by molar-refractivity contribution is 0.201. The molecule has 2 heterocycles. The van der Waals surface area contributed by atoms with Gasteiger partial charge in [-0.05, 0) is 35.7 Å². The number of aromatic nitrogens is 2. The van der Waals surface area contributed by atoms with Crippen molar-refractivity contribution in [2.75, 3.05) is 18.5 Å². The van der Waals surface area contributed by atoms with Crippen LogP contribution in [0.5, 0.6) is 5.75 Å². The summed E-state index contributed by atoms with van der Waals surface area (Å²) in [4.78, 5) is 1.18. The van der Waals surface area contributed by atoms with E-state index in [0.717, 1.165) is 22.7 Å². The van der Waals surface area contributed by atoms with Crippen molar-refractivity contribution in [3.05, 3.63) is 53.5 Å². The summed E-state index contributed by atoms with van der Waals surface area (Å²) in [6.07, 6.45) is 2.04. The smallest absolute Gasteiger partial charge is 0.119 e. The number of aliphatic hydroxyl groups excluding tert-OH is 1. The monoisotopic (exact) mass is 329 g/mol. The summed E-state index contributed by atoms with van der Waals surface area (Å²) < 4.78 is 7.20. The van der Waals surface area contributed by atoms with E-state index in [9.17, 15) is 0 Å². The highest BCUT2D eigenvalue weighted by molar-refractivity contribution is 7.13. The zero-order valence-electron chi connectivity index (χ0n) is 12.9. The summed E-state index contributed by atoms with van der Waals surface area (Å²) in [5.41, 5.74) is 3.20. The van der Waals surface area contributed by atoms with E-state index in [2.05, 4.69) is 21.9 Å². The van der Waals surface area contributed by atoms with E-state index in [-0.39, 0.29) is 6.61 Å². The lowest BCUT2D eigenvalue weighted by atomic mass is 10.2. The molecule has 0 aliphatic carbocycles. The molecule has 120 valence electrons. The molecule has 0 atom stereocenters. The molecular formula is C17H19N3O2S. The van der Waals surface area contributed by atoms with Crippen LogP contribution in [0.2, 0.25) is 0 Å². The van der Waals surface area contributed by atoms with Gasteiger partial charge >= 0.3 is 0 Å². The van der Waals surface area contributed by atoms with E-state index in [1.54, 1.807) is 11.3 Å². The molecule has 3 rings (SSSR count). The number of benzene rings is 1. The van der Waals surface area contributed by atoms with E-state index in [1.165, 1.54) is 4.88 Å². The molecule has 2 aromatic heterocycles. The van der Waals surface area contributed by atoms with Crippen LogP contribution in [0.25, 0.3) is 10.6 Å². The molecule has 0 saturated heterocycles. The van der Waals surface area contributed by atoms with Crippen LogP contribution in [-0.4, -0.2) is 28.1 Å². The third-order valence-electron chi connectivity index (χ3n) is 3.36. The first kappa shape index (κ1) is 15.6. The SMILES string of the molecule is Cn1cc(CNc2ccc(OCCO)cc2)c(-c2cccs2)n1. The Bertz CT molecular complexity index is 736. The first-order chi connectivity index (χ1) is 11.3. The maximum atomic E-state index is 8.75. The molecule has 0 spiro atoms. The van der Waals surface area contributed by atoms with Crippen LogP contribution in [0.1, 0.15) is 5.56 Å². The van der Waals surface area contributed by atoms with Crippen LogP contribution in [0.15, 0.2) is 48.0 Å². The predicted molar refractivity (Wildman–Crippen MR) is 92.9 cm³/mol. The molecular weight excluding hydrogens is 310 g/mol. The van der Waals surface area contributed by atoms with Crippen molar-refractivity contribution >= 4 is 17.0 Å². The van der Waals surface area contributed by atoms with Gasteiger partial charge in [-0.1, -0.05) is 6.07 Å². The number of anilines is 1. The van der Waals surface area contributed by atoms with Gasteiger partial charge in [0.2, 0.25) is 0 Å². The van der Waals surface area contributed by atoms with Crippen LogP contribution in [0.3, 0.4) is 0 Å². The number of aryl methyl sites for hydroxylation is 1. The maximum absolute atomic E-state index is 8.75. The minimum absolute atomic E-state index is 0.0203. The molecule has 0 aliphatic heterocycles. The highest BCUT2D eigenvalue weighted by Crippen LogP contribution is 2.27. The molecule has 2 N–H and O–H groups in total. The summed E-state index contributed by atoms with van der Waals surface area (Å²) in [6.45, 7) is 1.04. The standard InChI is InChI=1S/C17H19N3O2S/c1-20-12-13(17(19-20)16-3-2-10-23-16)11-18-14-4-6-15(7-5-14)22-9-8-21/h2-7,10,12,18,21H,8-9,11H2,1H3. The summed E-state index contributed by atoms with van der Waals surface area (Å²) in [5, 5.41) is 18.8. The van der Waals surface area contributed by atoms with Gasteiger partial charge in [-0.15, -0.1) is 11.3 Å². The number of thiophene rings is 1. The minimum atomic E-state index is 0.0203. The lowest BCUT2D eigenvalue weighted by Gasteiger charge is -2.08. The molecule has 3 aromatic rings. The second-order valence-corrected chi connectivity index (χ2v) is 6.05. The Labute approximate surface area is 139 Å². The van der Waals surface area contributed by atoms with Crippen molar-refractivity contribution in [2.24, 2.45) is 7.05 Å². The van der Waals surface area contributed by atoms with Gasteiger partial charge in [0.05, 0.1) is 11.5 Å². The van der Waals surface area contributed by atoms with Crippen molar-refractivity contribution < 1.29 is 9.84 Å². The Morgan fingerprint density at radius 1 is 1.26 bits per heavy atom. The van der Waals surface area contributed by atoms with Gasteiger partial charge in [0.1, 0.15) is 18.1 Å². The molecule has 0 radical (unpaired) electrons. The van der Waals surface area contributed by atoms with E-state index in [1.807, 2.05) is 48.3 Å². The number of rotatable bonds is 7. The number of ether oxygens (including phenoxy) is 1. The topological polar surface area (TPSA) is 59.3 Å². The Balaban J connectivity index is 1.67. The summed E-state index contributed by atoms with van der Waals surface area (Å²) in [7, 11) is 1.94. The van der Waals surface area contributed by atoms with Crippen molar-refractivity contribution in [1.82, 2.24) is 9.78 Å².